The van der Waals surface area contributed by atoms with Crippen molar-refractivity contribution in [3.8, 4) is 0 Å². The highest BCUT2D eigenvalue weighted by molar-refractivity contribution is 5.94. The molecule has 0 bridgehead atoms. The van der Waals surface area contributed by atoms with E-state index in [4.69, 9.17) is 0 Å². The van der Waals surface area contributed by atoms with Crippen molar-refractivity contribution in [3.63, 3.8) is 0 Å². The third kappa shape index (κ3) is 4.25. The second-order valence-electron chi connectivity index (χ2n) is 6.97. The van der Waals surface area contributed by atoms with E-state index >= 15 is 0 Å². The van der Waals surface area contributed by atoms with Crippen LogP contribution in [-0.2, 0) is 13.0 Å². The molecule has 1 aromatic heterocycles. The highest BCUT2D eigenvalue weighted by atomic mass is 16.2. The van der Waals surface area contributed by atoms with Gasteiger partial charge in [-0.25, -0.2) is 4.98 Å². The molecule has 0 atom stereocenters. The summed E-state index contributed by atoms with van der Waals surface area (Å²) in [5.74, 6) is 1.28. The van der Waals surface area contributed by atoms with Crippen molar-refractivity contribution in [2.45, 2.75) is 19.9 Å². The van der Waals surface area contributed by atoms with Crippen LogP contribution >= 0.6 is 0 Å². The number of carbonyl (C=O) groups is 1. The number of amides is 1. The molecule has 1 aromatic carbocycles. The molecule has 1 amide bonds. The first kappa shape index (κ1) is 18.5. The van der Waals surface area contributed by atoms with Gasteiger partial charge in [0.05, 0.1) is 0 Å². The Balaban J connectivity index is 1.49. The lowest BCUT2D eigenvalue weighted by atomic mass is 10.1. The molecule has 0 aliphatic carbocycles. The summed E-state index contributed by atoms with van der Waals surface area (Å²) in [5, 5.41) is 0. The molecule has 0 N–H and O–H groups in total. The SMILES string of the molecule is CCc1nccn1CCN1CCN(C(=O)c2ccc(N(C)C)cc2)CC1. The third-order valence-corrected chi connectivity index (χ3v) is 5.07. The van der Waals surface area contributed by atoms with E-state index in [1.807, 2.05) is 54.4 Å². The minimum Gasteiger partial charge on any atom is -0.378 e. The van der Waals surface area contributed by atoms with Gasteiger partial charge in [0.25, 0.3) is 5.91 Å². The predicted octanol–water partition coefficient (Wildman–Crippen LogP) is 1.97. The largest absolute Gasteiger partial charge is 0.378 e. The number of piperazine rings is 1. The average Bonchev–Trinajstić information content (AvgIpc) is 3.14. The third-order valence-electron chi connectivity index (χ3n) is 5.07. The molecule has 0 unspecified atom stereocenters. The Morgan fingerprint density at radius 1 is 1.08 bits per heavy atom. The van der Waals surface area contributed by atoms with Crippen LogP contribution in [0.15, 0.2) is 36.7 Å². The van der Waals surface area contributed by atoms with Gasteiger partial charge < -0.3 is 14.4 Å². The second-order valence-corrected chi connectivity index (χ2v) is 6.97. The molecular weight excluding hydrogens is 326 g/mol. The van der Waals surface area contributed by atoms with Crippen molar-refractivity contribution in [2.24, 2.45) is 0 Å². The molecule has 2 heterocycles. The zero-order chi connectivity index (χ0) is 18.5. The van der Waals surface area contributed by atoms with Crippen LogP contribution < -0.4 is 4.90 Å². The fourth-order valence-corrected chi connectivity index (χ4v) is 3.37. The summed E-state index contributed by atoms with van der Waals surface area (Å²) in [6, 6.07) is 7.85. The van der Waals surface area contributed by atoms with E-state index in [-0.39, 0.29) is 5.91 Å². The van der Waals surface area contributed by atoms with Crippen molar-refractivity contribution < 1.29 is 4.79 Å². The Morgan fingerprint density at radius 3 is 2.38 bits per heavy atom. The molecule has 1 aliphatic rings. The molecule has 0 radical (unpaired) electrons. The van der Waals surface area contributed by atoms with Crippen LogP contribution in [0.25, 0.3) is 0 Å². The van der Waals surface area contributed by atoms with E-state index in [1.54, 1.807) is 0 Å². The maximum Gasteiger partial charge on any atom is 0.253 e. The second kappa shape index (κ2) is 8.36. The number of imidazole rings is 1. The maximum absolute atomic E-state index is 12.7. The number of hydrogen-bond donors (Lipinski definition) is 0. The van der Waals surface area contributed by atoms with Gasteiger partial charge in [-0.15, -0.1) is 0 Å². The molecule has 0 saturated carbocycles. The molecule has 1 fully saturated rings. The fourth-order valence-electron chi connectivity index (χ4n) is 3.37. The summed E-state index contributed by atoms with van der Waals surface area (Å²) >= 11 is 0. The van der Waals surface area contributed by atoms with Crippen molar-refractivity contribution in [3.05, 3.63) is 48.0 Å². The van der Waals surface area contributed by atoms with Crippen molar-refractivity contribution in [1.82, 2.24) is 19.4 Å². The van der Waals surface area contributed by atoms with Crippen LogP contribution in [-0.4, -0.2) is 72.1 Å². The van der Waals surface area contributed by atoms with Gasteiger partial charge in [-0.1, -0.05) is 6.92 Å². The van der Waals surface area contributed by atoms with E-state index in [1.165, 1.54) is 0 Å². The number of aromatic nitrogens is 2. The van der Waals surface area contributed by atoms with Gasteiger partial charge in [-0.05, 0) is 24.3 Å². The van der Waals surface area contributed by atoms with Crippen molar-refractivity contribution >= 4 is 11.6 Å². The lowest BCUT2D eigenvalue weighted by molar-refractivity contribution is 0.0633. The van der Waals surface area contributed by atoms with Crippen LogP contribution in [0.4, 0.5) is 5.69 Å². The van der Waals surface area contributed by atoms with Gasteiger partial charge >= 0.3 is 0 Å². The topological polar surface area (TPSA) is 44.6 Å². The smallest absolute Gasteiger partial charge is 0.253 e. The summed E-state index contributed by atoms with van der Waals surface area (Å²) in [6.45, 7) is 7.54. The minimum absolute atomic E-state index is 0.137. The number of nitrogens with zero attached hydrogens (tertiary/aromatic N) is 5. The van der Waals surface area contributed by atoms with Crippen LogP contribution in [0.5, 0.6) is 0 Å². The van der Waals surface area contributed by atoms with Gasteiger partial charge in [0.2, 0.25) is 0 Å². The van der Waals surface area contributed by atoms with Gasteiger partial charge in [0, 0.05) is 83.4 Å². The number of aryl methyl sites for hydroxylation is 1. The number of hydrogen-bond acceptors (Lipinski definition) is 4. The Hall–Kier alpha value is -2.34. The first-order valence-electron chi connectivity index (χ1n) is 9.37. The molecule has 140 valence electrons. The van der Waals surface area contributed by atoms with E-state index in [0.717, 1.165) is 62.8 Å². The summed E-state index contributed by atoms with van der Waals surface area (Å²) in [7, 11) is 4.01. The van der Waals surface area contributed by atoms with E-state index < -0.39 is 0 Å². The Labute approximate surface area is 156 Å². The number of benzene rings is 1. The van der Waals surface area contributed by atoms with Crippen LogP contribution in [0, 0.1) is 0 Å². The van der Waals surface area contributed by atoms with Gasteiger partial charge in [0.15, 0.2) is 0 Å². The first-order chi connectivity index (χ1) is 12.6. The quantitative estimate of drug-likeness (QED) is 0.795. The lowest BCUT2D eigenvalue weighted by Crippen LogP contribution is -2.49. The first-order valence-corrected chi connectivity index (χ1v) is 9.37. The lowest BCUT2D eigenvalue weighted by Gasteiger charge is -2.35. The predicted molar refractivity (Wildman–Crippen MR) is 105 cm³/mol. The standard InChI is InChI=1S/C20H29N5O/c1-4-19-21-9-10-24(19)14-11-23-12-15-25(16-13-23)20(26)17-5-7-18(8-6-17)22(2)3/h5-10H,4,11-16H2,1-3H3. The normalized spacial score (nSPS) is 15.3. The van der Waals surface area contributed by atoms with E-state index in [2.05, 4.69) is 27.6 Å². The molecule has 6 nitrogen and oxygen atoms in total. The minimum atomic E-state index is 0.137. The molecule has 3 rings (SSSR count). The molecule has 0 spiro atoms. The van der Waals surface area contributed by atoms with Crippen molar-refractivity contribution in [2.75, 3.05) is 51.7 Å². The summed E-state index contributed by atoms with van der Waals surface area (Å²) < 4.78 is 2.23. The van der Waals surface area contributed by atoms with Crippen molar-refractivity contribution in [1.29, 1.82) is 0 Å². The molecule has 1 saturated heterocycles. The highest BCUT2D eigenvalue weighted by Crippen LogP contribution is 2.15. The fraction of sp³-hybridized carbons (Fsp3) is 0.500. The number of carbonyl (C=O) groups excluding carboxylic acids is 1. The van der Waals surface area contributed by atoms with Gasteiger partial charge in [0.1, 0.15) is 5.82 Å². The Bertz CT molecular complexity index is 714. The van der Waals surface area contributed by atoms with Crippen LogP contribution in [0.2, 0.25) is 0 Å². The summed E-state index contributed by atoms with van der Waals surface area (Å²) in [6.07, 6.45) is 4.88. The Kier molecular flexibility index (Phi) is 5.93. The Morgan fingerprint density at radius 2 is 1.77 bits per heavy atom. The van der Waals surface area contributed by atoms with Crippen LogP contribution in [0.1, 0.15) is 23.1 Å². The van der Waals surface area contributed by atoms with E-state index in [9.17, 15) is 4.79 Å². The van der Waals surface area contributed by atoms with E-state index in [0.29, 0.717) is 0 Å². The molecule has 1 aliphatic heterocycles. The molecular formula is C20H29N5O. The highest BCUT2D eigenvalue weighted by Gasteiger charge is 2.22. The number of rotatable bonds is 6. The monoisotopic (exact) mass is 355 g/mol. The summed E-state index contributed by atoms with van der Waals surface area (Å²) in [5.41, 5.74) is 1.88. The number of anilines is 1. The molecule has 6 heteroatoms. The average molecular weight is 355 g/mol. The zero-order valence-electron chi connectivity index (χ0n) is 16.1. The molecule has 26 heavy (non-hydrogen) atoms. The molecule has 2 aromatic rings. The summed E-state index contributed by atoms with van der Waals surface area (Å²) in [4.78, 5) is 23.5. The maximum atomic E-state index is 12.7. The van der Waals surface area contributed by atoms with Gasteiger partial charge in [-0.3, -0.25) is 9.69 Å². The zero-order valence-corrected chi connectivity index (χ0v) is 16.1. The van der Waals surface area contributed by atoms with Gasteiger partial charge in [-0.2, -0.15) is 0 Å². The van der Waals surface area contributed by atoms with Crippen LogP contribution in [0.3, 0.4) is 0 Å².